The van der Waals surface area contributed by atoms with Crippen LogP contribution in [-0.4, -0.2) is 46.0 Å². The number of rotatable bonds is 10. The smallest absolute Gasteiger partial charge is 0.215 e. The largest absolute Gasteiger partial charge is 0.377 e. The highest BCUT2D eigenvalue weighted by atomic mass is 32.2. The third-order valence-electron chi connectivity index (χ3n) is 2.24. The summed E-state index contributed by atoms with van der Waals surface area (Å²) in [6, 6.07) is 0. The van der Waals surface area contributed by atoms with Gasteiger partial charge in [-0.25, -0.2) is 13.1 Å². The van der Waals surface area contributed by atoms with Crippen molar-refractivity contribution in [1.29, 1.82) is 0 Å². The van der Waals surface area contributed by atoms with E-state index in [4.69, 9.17) is 4.74 Å². The molecule has 0 spiro atoms. The average molecular weight is 266 g/mol. The second-order valence-corrected chi connectivity index (χ2v) is 6.56. The summed E-state index contributed by atoms with van der Waals surface area (Å²) in [5.41, 5.74) is 0. The second-order valence-electron chi connectivity index (χ2n) is 4.37. The number of nitrogens with one attached hydrogen (secondary N) is 2. The summed E-state index contributed by atoms with van der Waals surface area (Å²) in [7, 11) is -3.23. The lowest BCUT2D eigenvalue weighted by Crippen LogP contribution is -2.40. The van der Waals surface area contributed by atoms with E-state index in [2.05, 4.69) is 10.0 Å². The van der Waals surface area contributed by atoms with E-state index in [0.717, 1.165) is 13.0 Å². The third kappa shape index (κ3) is 8.54. The van der Waals surface area contributed by atoms with Crippen LogP contribution in [0.25, 0.3) is 0 Å². The Balaban J connectivity index is 3.85. The SMILES string of the molecule is CCCNCC(C)S(=O)(=O)NCCOC(C)C. The molecular weight excluding hydrogens is 240 g/mol. The highest BCUT2D eigenvalue weighted by Gasteiger charge is 2.19. The van der Waals surface area contributed by atoms with Gasteiger partial charge in [0.05, 0.1) is 18.0 Å². The minimum Gasteiger partial charge on any atom is -0.377 e. The van der Waals surface area contributed by atoms with E-state index < -0.39 is 15.3 Å². The first-order valence-electron chi connectivity index (χ1n) is 6.21. The molecule has 0 aromatic carbocycles. The van der Waals surface area contributed by atoms with Gasteiger partial charge >= 0.3 is 0 Å². The molecule has 0 saturated heterocycles. The van der Waals surface area contributed by atoms with Crippen LogP contribution in [0, 0.1) is 0 Å². The molecule has 17 heavy (non-hydrogen) atoms. The van der Waals surface area contributed by atoms with Gasteiger partial charge in [-0.15, -0.1) is 0 Å². The van der Waals surface area contributed by atoms with E-state index in [1.54, 1.807) is 6.92 Å². The Hall–Kier alpha value is -0.170. The molecule has 0 bridgehead atoms. The summed E-state index contributed by atoms with van der Waals surface area (Å²) in [6.45, 7) is 9.66. The Morgan fingerprint density at radius 3 is 2.35 bits per heavy atom. The lowest BCUT2D eigenvalue weighted by atomic mass is 10.4. The summed E-state index contributed by atoms with van der Waals surface area (Å²) < 4.78 is 31.3. The molecule has 0 heterocycles. The van der Waals surface area contributed by atoms with E-state index in [1.165, 1.54) is 0 Å². The average Bonchev–Trinajstić information content (AvgIpc) is 2.24. The summed E-state index contributed by atoms with van der Waals surface area (Å²) in [4.78, 5) is 0. The standard InChI is InChI=1S/C11H26N2O3S/c1-5-6-12-9-11(4)17(14,15)13-7-8-16-10(2)3/h10-13H,5-9H2,1-4H3. The fourth-order valence-electron chi connectivity index (χ4n) is 1.21. The first-order chi connectivity index (χ1) is 7.90. The monoisotopic (exact) mass is 266 g/mol. The summed E-state index contributed by atoms with van der Waals surface area (Å²) >= 11 is 0. The highest BCUT2D eigenvalue weighted by Crippen LogP contribution is 1.96. The molecule has 0 radical (unpaired) electrons. The Kier molecular flexibility index (Phi) is 8.77. The van der Waals surface area contributed by atoms with Gasteiger partial charge in [-0.1, -0.05) is 6.92 Å². The second kappa shape index (κ2) is 8.85. The topological polar surface area (TPSA) is 67.4 Å². The Morgan fingerprint density at radius 1 is 1.18 bits per heavy atom. The Bertz CT molecular complexity index is 278. The Morgan fingerprint density at radius 2 is 1.82 bits per heavy atom. The molecular formula is C11H26N2O3S. The molecule has 0 aromatic rings. The number of sulfonamides is 1. The summed E-state index contributed by atoms with van der Waals surface area (Å²) in [5.74, 6) is 0. The van der Waals surface area contributed by atoms with Gasteiger partial charge in [0.2, 0.25) is 10.0 Å². The van der Waals surface area contributed by atoms with Crippen LogP contribution in [0.15, 0.2) is 0 Å². The van der Waals surface area contributed by atoms with Crippen molar-refractivity contribution in [3.63, 3.8) is 0 Å². The molecule has 6 heteroatoms. The van der Waals surface area contributed by atoms with Crippen LogP contribution < -0.4 is 10.0 Å². The van der Waals surface area contributed by atoms with Crippen molar-refractivity contribution in [3.05, 3.63) is 0 Å². The molecule has 0 aliphatic heterocycles. The lowest BCUT2D eigenvalue weighted by Gasteiger charge is -2.15. The van der Waals surface area contributed by atoms with E-state index in [-0.39, 0.29) is 6.10 Å². The molecule has 0 saturated carbocycles. The molecule has 2 N–H and O–H groups in total. The summed E-state index contributed by atoms with van der Waals surface area (Å²) in [5, 5.41) is 2.68. The van der Waals surface area contributed by atoms with Crippen molar-refractivity contribution in [2.24, 2.45) is 0 Å². The van der Waals surface area contributed by atoms with Crippen LogP contribution >= 0.6 is 0 Å². The zero-order valence-electron chi connectivity index (χ0n) is 11.3. The fraction of sp³-hybridized carbons (Fsp3) is 1.00. The summed E-state index contributed by atoms with van der Waals surface area (Å²) in [6.07, 6.45) is 1.13. The van der Waals surface area contributed by atoms with Gasteiger partial charge in [-0.05, 0) is 33.7 Å². The van der Waals surface area contributed by atoms with Crippen molar-refractivity contribution >= 4 is 10.0 Å². The fourth-order valence-corrected chi connectivity index (χ4v) is 2.20. The van der Waals surface area contributed by atoms with Crippen LogP contribution in [0.1, 0.15) is 34.1 Å². The van der Waals surface area contributed by atoms with Gasteiger partial charge in [0.15, 0.2) is 0 Å². The van der Waals surface area contributed by atoms with Crippen molar-refractivity contribution in [2.45, 2.75) is 45.5 Å². The molecule has 1 atom stereocenters. The third-order valence-corrected chi connectivity index (χ3v) is 4.08. The number of hydrogen-bond donors (Lipinski definition) is 2. The van der Waals surface area contributed by atoms with E-state index >= 15 is 0 Å². The minimum atomic E-state index is -3.23. The quantitative estimate of drug-likeness (QED) is 0.572. The molecule has 1 unspecified atom stereocenters. The van der Waals surface area contributed by atoms with Crippen molar-refractivity contribution in [3.8, 4) is 0 Å². The van der Waals surface area contributed by atoms with Gasteiger partial charge in [0.1, 0.15) is 0 Å². The molecule has 0 aromatic heterocycles. The van der Waals surface area contributed by atoms with E-state index in [9.17, 15) is 8.42 Å². The highest BCUT2D eigenvalue weighted by molar-refractivity contribution is 7.90. The molecule has 0 rings (SSSR count). The molecule has 5 nitrogen and oxygen atoms in total. The van der Waals surface area contributed by atoms with Crippen LogP contribution in [0.2, 0.25) is 0 Å². The van der Waals surface area contributed by atoms with Gasteiger partial charge in [0.25, 0.3) is 0 Å². The van der Waals surface area contributed by atoms with Crippen molar-refractivity contribution in [2.75, 3.05) is 26.2 Å². The normalized spacial score (nSPS) is 14.2. The van der Waals surface area contributed by atoms with E-state index in [0.29, 0.717) is 19.7 Å². The maximum absolute atomic E-state index is 11.8. The first-order valence-corrected chi connectivity index (χ1v) is 7.75. The van der Waals surface area contributed by atoms with Gasteiger partial charge in [-0.2, -0.15) is 0 Å². The molecule has 0 amide bonds. The van der Waals surface area contributed by atoms with Crippen LogP contribution in [0.5, 0.6) is 0 Å². The van der Waals surface area contributed by atoms with Crippen molar-refractivity contribution < 1.29 is 13.2 Å². The maximum Gasteiger partial charge on any atom is 0.215 e. The van der Waals surface area contributed by atoms with Crippen LogP contribution in [-0.2, 0) is 14.8 Å². The lowest BCUT2D eigenvalue weighted by molar-refractivity contribution is 0.0833. The molecule has 0 fully saturated rings. The predicted octanol–water partition coefficient (Wildman–Crippen LogP) is 0.719. The molecule has 0 aliphatic rings. The zero-order valence-corrected chi connectivity index (χ0v) is 12.1. The Labute approximate surface area is 105 Å². The minimum absolute atomic E-state index is 0.128. The first kappa shape index (κ1) is 16.8. The predicted molar refractivity (Wildman–Crippen MR) is 70.6 cm³/mol. The number of ether oxygens (including phenoxy) is 1. The van der Waals surface area contributed by atoms with Crippen LogP contribution in [0.4, 0.5) is 0 Å². The molecule has 104 valence electrons. The van der Waals surface area contributed by atoms with Crippen LogP contribution in [0.3, 0.4) is 0 Å². The number of hydrogen-bond acceptors (Lipinski definition) is 4. The zero-order chi connectivity index (χ0) is 13.3. The van der Waals surface area contributed by atoms with Gasteiger partial charge in [-0.3, -0.25) is 0 Å². The molecule has 0 aliphatic carbocycles. The maximum atomic E-state index is 11.8. The van der Waals surface area contributed by atoms with Gasteiger partial charge < -0.3 is 10.1 Å². The van der Waals surface area contributed by atoms with E-state index in [1.807, 2.05) is 20.8 Å². The van der Waals surface area contributed by atoms with Gasteiger partial charge in [0, 0.05) is 13.1 Å². The van der Waals surface area contributed by atoms with Crippen molar-refractivity contribution in [1.82, 2.24) is 10.0 Å².